The highest BCUT2D eigenvalue weighted by molar-refractivity contribution is 8.00. The van der Waals surface area contributed by atoms with Crippen LogP contribution in [0.15, 0.2) is 0 Å². The molecular formula is C13H25NS. The first-order valence-corrected chi connectivity index (χ1v) is 7.65. The molecule has 1 saturated heterocycles. The fraction of sp³-hybridized carbons (Fsp3) is 1.00. The molecule has 0 bridgehead atoms. The summed E-state index contributed by atoms with van der Waals surface area (Å²) in [4.78, 5) is 0. The van der Waals surface area contributed by atoms with Crippen LogP contribution in [0.25, 0.3) is 0 Å². The van der Waals surface area contributed by atoms with E-state index >= 15 is 0 Å². The second-order valence-electron chi connectivity index (χ2n) is 5.51. The number of thioether (sulfide) groups is 1. The predicted octanol–water partition coefficient (Wildman–Crippen LogP) is 3.30. The van der Waals surface area contributed by atoms with Gasteiger partial charge in [-0.05, 0) is 31.2 Å². The van der Waals surface area contributed by atoms with E-state index in [2.05, 4.69) is 30.9 Å². The Morgan fingerprint density at radius 1 is 1.20 bits per heavy atom. The zero-order valence-corrected chi connectivity index (χ0v) is 11.0. The molecule has 1 nitrogen and oxygen atoms in total. The third-order valence-electron chi connectivity index (χ3n) is 4.16. The third kappa shape index (κ3) is 3.39. The van der Waals surface area contributed by atoms with Crippen molar-refractivity contribution < 1.29 is 0 Å². The minimum atomic E-state index is 0.805. The van der Waals surface area contributed by atoms with E-state index in [1.54, 1.807) is 0 Å². The lowest BCUT2D eigenvalue weighted by atomic mass is 9.80. The lowest BCUT2D eigenvalue weighted by Gasteiger charge is -2.30. The standard InChI is InChI=1S/C13H25NS/c1-10-5-3-4-6-12(10)8-14-13-7-11(2)15-9-13/h10-14H,3-9H2,1-2H3. The summed E-state index contributed by atoms with van der Waals surface area (Å²) in [5.74, 6) is 3.25. The molecular weight excluding hydrogens is 202 g/mol. The zero-order valence-electron chi connectivity index (χ0n) is 10.2. The summed E-state index contributed by atoms with van der Waals surface area (Å²) >= 11 is 2.13. The van der Waals surface area contributed by atoms with Gasteiger partial charge in [0.05, 0.1) is 0 Å². The Kier molecular flexibility index (Phi) is 4.39. The molecule has 0 amide bonds. The van der Waals surface area contributed by atoms with Gasteiger partial charge in [0.2, 0.25) is 0 Å². The van der Waals surface area contributed by atoms with Crippen LogP contribution in [-0.2, 0) is 0 Å². The topological polar surface area (TPSA) is 12.0 Å². The van der Waals surface area contributed by atoms with Gasteiger partial charge in [0, 0.05) is 17.0 Å². The summed E-state index contributed by atoms with van der Waals surface area (Å²) in [7, 11) is 0. The van der Waals surface area contributed by atoms with Crippen LogP contribution in [0.4, 0.5) is 0 Å². The number of nitrogens with one attached hydrogen (secondary N) is 1. The van der Waals surface area contributed by atoms with E-state index in [1.165, 1.54) is 44.4 Å². The minimum absolute atomic E-state index is 0.805. The van der Waals surface area contributed by atoms with Gasteiger partial charge < -0.3 is 5.32 Å². The molecule has 2 fully saturated rings. The summed E-state index contributed by atoms with van der Waals surface area (Å²) in [6, 6.07) is 0.805. The van der Waals surface area contributed by atoms with Crippen LogP contribution in [0.2, 0.25) is 0 Å². The van der Waals surface area contributed by atoms with Gasteiger partial charge in [-0.15, -0.1) is 0 Å². The smallest absolute Gasteiger partial charge is 0.0168 e. The van der Waals surface area contributed by atoms with E-state index in [-0.39, 0.29) is 0 Å². The highest BCUT2D eigenvalue weighted by Gasteiger charge is 2.25. The van der Waals surface area contributed by atoms with Gasteiger partial charge in [-0.3, -0.25) is 0 Å². The van der Waals surface area contributed by atoms with E-state index in [9.17, 15) is 0 Å². The van der Waals surface area contributed by atoms with Gasteiger partial charge in [-0.25, -0.2) is 0 Å². The summed E-state index contributed by atoms with van der Waals surface area (Å²) < 4.78 is 0. The SMILES string of the molecule is CC1CC(NCC2CCCCC2C)CS1. The molecule has 2 rings (SSSR count). The van der Waals surface area contributed by atoms with E-state index in [1.807, 2.05) is 0 Å². The van der Waals surface area contributed by atoms with Crippen LogP contribution >= 0.6 is 11.8 Å². The van der Waals surface area contributed by atoms with Crippen molar-refractivity contribution in [1.29, 1.82) is 0 Å². The van der Waals surface area contributed by atoms with Crippen molar-refractivity contribution in [2.24, 2.45) is 11.8 Å². The first kappa shape index (κ1) is 11.8. The minimum Gasteiger partial charge on any atom is -0.313 e. The second-order valence-corrected chi connectivity index (χ2v) is 6.98. The van der Waals surface area contributed by atoms with Crippen molar-refractivity contribution in [1.82, 2.24) is 5.32 Å². The van der Waals surface area contributed by atoms with Gasteiger partial charge in [0.15, 0.2) is 0 Å². The second kappa shape index (κ2) is 5.58. The van der Waals surface area contributed by atoms with E-state index in [0.717, 1.165) is 23.1 Å². The van der Waals surface area contributed by atoms with Crippen molar-refractivity contribution in [3.05, 3.63) is 0 Å². The average molecular weight is 227 g/mol. The average Bonchev–Trinajstić information content (AvgIpc) is 2.63. The lowest BCUT2D eigenvalue weighted by molar-refractivity contribution is 0.242. The van der Waals surface area contributed by atoms with Crippen LogP contribution in [0.5, 0.6) is 0 Å². The van der Waals surface area contributed by atoms with E-state index < -0.39 is 0 Å². The van der Waals surface area contributed by atoms with Gasteiger partial charge >= 0.3 is 0 Å². The maximum absolute atomic E-state index is 3.79. The molecule has 0 aromatic heterocycles. The molecule has 0 aromatic carbocycles. The van der Waals surface area contributed by atoms with Crippen molar-refractivity contribution in [2.45, 2.75) is 57.2 Å². The Bertz CT molecular complexity index is 195. The number of hydrogen-bond donors (Lipinski definition) is 1. The van der Waals surface area contributed by atoms with Gasteiger partial charge in [0.1, 0.15) is 0 Å². The monoisotopic (exact) mass is 227 g/mol. The molecule has 1 N–H and O–H groups in total. The van der Waals surface area contributed by atoms with Gasteiger partial charge in [-0.2, -0.15) is 11.8 Å². The molecule has 4 atom stereocenters. The third-order valence-corrected chi connectivity index (χ3v) is 5.51. The normalized spacial score (nSPS) is 42.0. The molecule has 1 aliphatic carbocycles. The Labute approximate surface area is 98.8 Å². The quantitative estimate of drug-likeness (QED) is 0.794. The Morgan fingerprint density at radius 2 is 2.00 bits per heavy atom. The predicted molar refractivity (Wildman–Crippen MR) is 69.4 cm³/mol. The van der Waals surface area contributed by atoms with E-state index in [4.69, 9.17) is 0 Å². The largest absolute Gasteiger partial charge is 0.313 e. The van der Waals surface area contributed by atoms with Crippen LogP contribution in [0.3, 0.4) is 0 Å². The zero-order chi connectivity index (χ0) is 10.7. The van der Waals surface area contributed by atoms with Crippen molar-refractivity contribution in [3.8, 4) is 0 Å². The van der Waals surface area contributed by atoms with Crippen molar-refractivity contribution in [3.63, 3.8) is 0 Å². The van der Waals surface area contributed by atoms with Crippen LogP contribution in [0.1, 0.15) is 46.0 Å². The Morgan fingerprint density at radius 3 is 2.67 bits per heavy atom. The van der Waals surface area contributed by atoms with Crippen molar-refractivity contribution >= 4 is 11.8 Å². The highest BCUT2D eigenvalue weighted by Crippen LogP contribution is 2.30. The fourth-order valence-electron chi connectivity index (χ4n) is 2.97. The van der Waals surface area contributed by atoms with Gasteiger partial charge in [-0.1, -0.05) is 33.1 Å². The van der Waals surface area contributed by atoms with Crippen LogP contribution < -0.4 is 5.32 Å². The van der Waals surface area contributed by atoms with Crippen LogP contribution in [-0.4, -0.2) is 23.6 Å². The molecule has 2 heteroatoms. The molecule has 4 unspecified atom stereocenters. The molecule has 15 heavy (non-hydrogen) atoms. The summed E-state index contributed by atoms with van der Waals surface area (Å²) in [5, 5.41) is 4.67. The first-order valence-electron chi connectivity index (χ1n) is 6.60. The molecule has 1 aliphatic heterocycles. The molecule has 0 aromatic rings. The molecule has 0 radical (unpaired) electrons. The lowest BCUT2D eigenvalue weighted by Crippen LogP contribution is -2.36. The van der Waals surface area contributed by atoms with Crippen LogP contribution in [0, 0.1) is 11.8 Å². The maximum atomic E-state index is 3.79. The Balaban J connectivity index is 1.68. The van der Waals surface area contributed by atoms with E-state index in [0.29, 0.717) is 0 Å². The molecule has 1 heterocycles. The maximum Gasteiger partial charge on any atom is 0.0168 e. The molecule has 2 aliphatic rings. The number of hydrogen-bond acceptors (Lipinski definition) is 2. The summed E-state index contributed by atoms with van der Waals surface area (Å²) in [5.41, 5.74) is 0. The Hall–Kier alpha value is 0.310. The highest BCUT2D eigenvalue weighted by atomic mass is 32.2. The molecule has 0 spiro atoms. The van der Waals surface area contributed by atoms with Crippen molar-refractivity contribution in [2.75, 3.05) is 12.3 Å². The first-order chi connectivity index (χ1) is 7.25. The molecule has 88 valence electrons. The fourth-order valence-corrected chi connectivity index (χ4v) is 4.16. The van der Waals surface area contributed by atoms with Gasteiger partial charge in [0.25, 0.3) is 0 Å². The number of rotatable bonds is 3. The summed E-state index contributed by atoms with van der Waals surface area (Å²) in [6.45, 7) is 6.08. The molecule has 1 saturated carbocycles. The summed E-state index contributed by atoms with van der Waals surface area (Å²) in [6.07, 6.45) is 7.23.